The second-order valence-corrected chi connectivity index (χ2v) is 2.54. The van der Waals surface area contributed by atoms with E-state index in [1.807, 2.05) is 26.0 Å². The Kier molecular flexibility index (Phi) is 2.47. The van der Waals surface area contributed by atoms with Crippen molar-refractivity contribution in [2.45, 2.75) is 20.3 Å². The van der Waals surface area contributed by atoms with Crippen LogP contribution in [0.5, 0.6) is 0 Å². The maximum atomic E-state index is 11.1. The fourth-order valence-corrected chi connectivity index (χ4v) is 1.03. The third-order valence-electron chi connectivity index (χ3n) is 1.58. The van der Waals surface area contributed by atoms with Gasteiger partial charge in [0.2, 0.25) is 0 Å². The van der Waals surface area contributed by atoms with Gasteiger partial charge in [0, 0.05) is 5.57 Å². The molecular weight excluding hydrogens is 140 g/mol. The Balaban J connectivity index is 2.52. The van der Waals surface area contributed by atoms with E-state index >= 15 is 0 Å². The fraction of sp³-hybridized carbons (Fsp3) is 0.444. The standard InChI is InChI=1S/C9H12O2/c1-3-11-9(10)8-5-4-7(2)6-8/h4,6H,3,5H2,1-2H3. The molecule has 0 saturated carbocycles. The van der Waals surface area contributed by atoms with Crippen molar-refractivity contribution in [3.05, 3.63) is 23.3 Å². The summed E-state index contributed by atoms with van der Waals surface area (Å²) in [5, 5.41) is 0. The van der Waals surface area contributed by atoms with Crippen LogP contribution in [0.1, 0.15) is 20.3 Å². The van der Waals surface area contributed by atoms with Crippen LogP contribution in [0.3, 0.4) is 0 Å². The Labute approximate surface area is 66.5 Å². The van der Waals surface area contributed by atoms with Crippen molar-refractivity contribution in [3.8, 4) is 0 Å². The minimum Gasteiger partial charge on any atom is -0.463 e. The molecule has 0 amide bonds. The number of carbonyl (C=O) groups excluding carboxylic acids is 1. The lowest BCUT2D eigenvalue weighted by atomic mass is 10.2. The molecule has 11 heavy (non-hydrogen) atoms. The average Bonchev–Trinajstić information content (AvgIpc) is 2.36. The van der Waals surface area contributed by atoms with Crippen LogP contribution in [0, 0.1) is 0 Å². The van der Waals surface area contributed by atoms with Crippen LogP contribution >= 0.6 is 0 Å². The largest absolute Gasteiger partial charge is 0.463 e. The second kappa shape index (κ2) is 3.37. The van der Waals surface area contributed by atoms with Gasteiger partial charge in [-0.15, -0.1) is 0 Å². The Morgan fingerprint density at radius 3 is 2.91 bits per heavy atom. The molecule has 60 valence electrons. The highest BCUT2D eigenvalue weighted by atomic mass is 16.5. The zero-order valence-electron chi connectivity index (χ0n) is 6.89. The summed E-state index contributed by atoms with van der Waals surface area (Å²) in [7, 11) is 0. The summed E-state index contributed by atoms with van der Waals surface area (Å²) in [5.74, 6) is -0.180. The van der Waals surface area contributed by atoms with Crippen molar-refractivity contribution >= 4 is 5.97 Å². The van der Waals surface area contributed by atoms with E-state index in [4.69, 9.17) is 4.74 Å². The lowest BCUT2D eigenvalue weighted by Gasteiger charge is -1.99. The van der Waals surface area contributed by atoms with Gasteiger partial charge in [0.15, 0.2) is 0 Å². The van der Waals surface area contributed by atoms with Crippen molar-refractivity contribution in [1.29, 1.82) is 0 Å². The molecule has 0 aromatic carbocycles. The summed E-state index contributed by atoms with van der Waals surface area (Å²) in [6.45, 7) is 4.25. The van der Waals surface area contributed by atoms with E-state index in [1.165, 1.54) is 0 Å². The Hall–Kier alpha value is -1.05. The molecular formula is C9H12O2. The SMILES string of the molecule is CCOC(=O)C1=CC(C)=CC1. The molecule has 2 heteroatoms. The van der Waals surface area contributed by atoms with Crippen molar-refractivity contribution < 1.29 is 9.53 Å². The minimum atomic E-state index is -0.180. The van der Waals surface area contributed by atoms with E-state index in [0.717, 1.165) is 17.6 Å². The van der Waals surface area contributed by atoms with Gasteiger partial charge in [0.25, 0.3) is 0 Å². The van der Waals surface area contributed by atoms with E-state index in [1.54, 1.807) is 0 Å². The first kappa shape index (κ1) is 8.05. The minimum absolute atomic E-state index is 0.180. The summed E-state index contributed by atoms with van der Waals surface area (Å²) in [6, 6.07) is 0. The monoisotopic (exact) mass is 152 g/mol. The number of carbonyl (C=O) groups is 1. The summed E-state index contributed by atoms with van der Waals surface area (Å²) in [4.78, 5) is 11.1. The summed E-state index contributed by atoms with van der Waals surface area (Å²) >= 11 is 0. The topological polar surface area (TPSA) is 26.3 Å². The molecule has 0 saturated heterocycles. The van der Waals surface area contributed by atoms with Gasteiger partial charge < -0.3 is 4.74 Å². The van der Waals surface area contributed by atoms with Gasteiger partial charge in [-0.3, -0.25) is 0 Å². The lowest BCUT2D eigenvalue weighted by Crippen LogP contribution is -2.05. The zero-order valence-corrected chi connectivity index (χ0v) is 6.89. The molecule has 0 N–H and O–H groups in total. The number of hydrogen-bond donors (Lipinski definition) is 0. The Morgan fingerprint density at radius 1 is 1.73 bits per heavy atom. The van der Waals surface area contributed by atoms with Crippen molar-refractivity contribution in [1.82, 2.24) is 0 Å². The van der Waals surface area contributed by atoms with Gasteiger partial charge in [-0.1, -0.05) is 11.6 Å². The molecule has 1 rings (SSSR count). The van der Waals surface area contributed by atoms with Gasteiger partial charge >= 0.3 is 5.97 Å². The number of esters is 1. The van der Waals surface area contributed by atoms with Crippen molar-refractivity contribution in [2.75, 3.05) is 6.61 Å². The summed E-state index contributed by atoms with van der Waals surface area (Å²) in [5.41, 5.74) is 1.91. The molecule has 0 radical (unpaired) electrons. The number of ether oxygens (including phenoxy) is 1. The first-order valence-corrected chi connectivity index (χ1v) is 3.78. The van der Waals surface area contributed by atoms with E-state index in [9.17, 15) is 4.79 Å². The molecule has 2 nitrogen and oxygen atoms in total. The number of allylic oxidation sites excluding steroid dienone is 3. The Bertz CT molecular complexity index is 224. The molecule has 1 aliphatic rings. The molecule has 0 aromatic heterocycles. The van der Waals surface area contributed by atoms with Gasteiger partial charge in [0.05, 0.1) is 6.61 Å². The fourth-order valence-electron chi connectivity index (χ4n) is 1.03. The molecule has 0 atom stereocenters. The van der Waals surface area contributed by atoms with Crippen molar-refractivity contribution in [3.63, 3.8) is 0 Å². The van der Waals surface area contributed by atoms with E-state index < -0.39 is 0 Å². The average molecular weight is 152 g/mol. The Morgan fingerprint density at radius 2 is 2.45 bits per heavy atom. The van der Waals surface area contributed by atoms with Gasteiger partial charge in [0.1, 0.15) is 0 Å². The third kappa shape index (κ3) is 1.93. The maximum Gasteiger partial charge on any atom is 0.334 e. The van der Waals surface area contributed by atoms with E-state index in [2.05, 4.69) is 0 Å². The van der Waals surface area contributed by atoms with Crippen molar-refractivity contribution in [2.24, 2.45) is 0 Å². The molecule has 0 aliphatic heterocycles. The van der Waals surface area contributed by atoms with Crippen LogP contribution < -0.4 is 0 Å². The van der Waals surface area contributed by atoms with Crippen LogP contribution in [0.15, 0.2) is 23.3 Å². The highest BCUT2D eigenvalue weighted by Crippen LogP contribution is 2.17. The van der Waals surface area contributed by atoms with Crippen LogP contribution in [0.4, 0.5) is 0 Å². The zero-order chi connectivity index (χ0) is 8.27. The quantitative estimate of drug-likeness (QED) is 0.564. The normalized spacial score (nSPS) is 15.8. The highest BCUT2D eigenvalue weighted by Gasteiger charge is 2.12. The van der Waals surface area contributed by atoms with Gasteiger partial charge in [-0.25, -0.2) is 4.79 Å². The summed E-state index contributed by atoms with van der Waals surface area (Å²) < 4.78 is 4.83. The first-order valence-electron chi connectivity index (χ1n) is 3.78. The van der Waals surface area contributed by atoms with Crippen LogP contribution in [-0.4, -0.2) is 12.6 Å². The molecule has 0 bridgehead atoms. The lowest BCUT2D eigenvalue weighted by molar-refractivity contribution is -0.138. The third-order valence-corrected chi connectivity index (χ3v) is 1.58. The number of hydrogen-bond acceptors (Lipinski definition) is 2. The highest BCUT2D eigenvalue weighted by molar-refractivity contribution is 5.90. The van der Waals surface area contributed by atoms with Crippen LogP contribution in [0.25, 0.3) is 0 Å². The molecule has 1 aliphatic carbocycles. The first-order chi connectivity index (χ1) is 5.24. The van der Waals surface area contributed by atoms with E-state index in [-0.39, 0.29) is 5.97 Å². The molecule has 0 spiro atoms. The predicted molar refractivity (Wildman–Crippen MR) is 43.1 cm³/mol. The predicted octanol–water partition coefficient (Wildman–Crippen LogP) is 1.83. The second-order valence-electron chi connectivity index (χ2n) is 2.54. The molecule has 0 aromatic rings. The molecule has 0 unspecified atom stereocenters. The molecule has 0 heterocycles. The van der Waals surface area contributed by atoms with Crippen LogP contribution in [0.2, 0.25) is 0 Å². The van der Waals surface area contributed by atoms with Gasteiger partial charge in [-0.2, -0.15) is 0 Å². The van der Waals surface area contributed by atoms with Crippen LogP contribution in [-0.2, 0) is 9.53 Å². The maximum absolute atomic E-state index is 11.1. The molecule has 0 fully saturated rings. The summed E-state index contributed by atoms with van der Waals surface area (Å²) in [6.07, 6.45) is 4.62. The smallest absolute Gasteiger partial charge is 0.334 e. The number of rotatable bonds is 2. The van der Waals surface area contributed by atoms with Gasteiger partial charge in [-0.05, 0) is 26.3 Å². The van der Waals surface area contributed by atoms with E-state index in [0.29, 0.717) is 6.61 Å².